The molecular weight excluding hydrogens is 276 g/mol. The molecule has 6 nitrogen and oxygen atoms in total. The molecule has 0 rings (SSSR count). The second kappa shape index (κ2) is 10.0. The van der Waals surface area contributed by atoms with E-state index in [2.05, 4.69) is 13.8 Å². The quantitative estimate of drug-likeness (QED) is 0.384. The molecule has 0 aliphatic rings. The summed E-state index contributed by atoms with van der Waals surface area (Å²) in [6.45, 7) is 4.36. The average Bonchev–Trinajstić information content (AvgIpc) is 2.00. The molecule has 0 aliphatic carbocycles. The van der Waals surface area contributed by atoms with Crippen LogP contribution in [0.1, 0.15) is 26.7 Å². The van der Waals surface area contributed by atoms with Gasteiger partial charge < -0.3 is 9.79 Å². The maximum atomic E-state index is 10.7. The maximum Gasteiger partial charge on any atom is 0.522 e. The van der Waals surface area contributed by atoms with Crippen molar-refractivity contribution < 1.29 is 40.5 Å². The topological polar surface area (TPSA) is 112 Å². The first-order chi connectivity index (χ1) is 6.90. The van der Waals surface area contributed by atoms with Crippen LogP contribution in [0.2, 0.25) is 0 Å². The van der Waals surface area contributed by atoms with Gasteiger partial charge in [-0.3, -0.25) is 9.12 Å². The molecule has 0 spiro atoms. The molecule has 0 amide bonds. The van der Waals surface area contributed by atoms with E-state index in [1.165, 1.54) is 12.8 Å². The summed E-state index contributed by atoms with van der Waals surface area (Å²) in [5.41, 5.74) is -5.53. The fraction of sp³-hybridized carbons (Fsp3) is 1.00. The number of halogens is 3. The normalized spacial score (nSPS) is 11.1. The van der Waals surface area contributed by atoms with Crippen LogP contribution in [0.5, 0.6) is 0 Å². The molecule has 3 N–H and O–H groups in total. The lowest BCUT2D eigenvalue weighted by Crippen LogP contribution is -2.21. The summed E-state index contributed by atoms with van der Waals surface area (Å²) in [6.07, 6.45) is 2.64. The fourth-order valence-electron chi connectivity index (χ4n) is 0. The molecule has 0 fully saturated rings. The van der Waals surface area contributed by atoms with Gasteiger partial charge in [-0.2, -0.15) is 21.6 Å². The van der Waals surface area contributed by atoms with Gasteiger partial charge in [0.05, 0.1) is 0 Å². The minimum absolute atomic E-state index is 1.32. The van der Waals surface area contributed by atoms with Crippen molar-refractivity contribution >= 4 is 18.4 Å². The number of rotatable bonds is 1. The SMILES string of the molecule is CCCC.O=S(=O)(O)C(F)(F)F.O=[PH](O)O. The minimum Gasteiger partial charge on any atom is -0.326 e. The third kappa shape index (κ3) is 23.6. The van der Waals surface area contributed by atoms with Gasteiger partial charge in [0, 0.05) is 0 Å². The molecule has 0 aromatic rings. The van der Waals surface area contributed by atoms with Crippen molar-refractivity contribution in [2.45, 2.75) is 32.2 Å². The lowest BCUT2D eigenvalue weighted by Gasteiger charge is -1.97. The number of hydrogen-bond acceptors (Lipinski definition) is 3. The molecule has 0 bridgehead atoms. The van der Waals surface area contributed by atoms with Crippen LogP contribution in [-0.4, -0.2) is 28.3 Å². The Morgan fingerprint density at radius 3 is 1.25 bits per heavy atom. The molecule has 0 aromatic heterocycles. The Labute approximate surface area is 91.8 Å². The average molecular weight is 290 g/mol. The molecule has 0 atom stereocenters. The summed E-state index contributed by atoms with van der Waals surface area (Å²) in [5, 5.41) is 0. The van der Waals surface area contributed by atoms with Crippen molar-refractivity contribution in [1.82, 2.24) is 0 Å². The Morgan fingerprint density at radius 2 is 1.25 bits per heavy atom. The van der Waals surface area contributed by atoms with Crippen LogP contribution in [-0.2, 0) is 14.7 Å². The zero-order valence-electron chi connectivity index (χ0n) is 8.52. The van der Waals surface area contributed by atoms with E-state index in [9.17, 15) is 13.2 Å². The highest BCUT2D eigenvalue weighted by atomic mass is 32.2. The molecule has 102 valence electrons. The molecule has 0 radical (unpaired) electrons. The van der Waals surface area contributed by atoms with Gasteiger partial charge in [0.25, 0.3) is 0 Å². The van der Waals surface area contributed by atoms with Gasteiger partial charge in [-0.05, 0) is 0 Å². The van der Waals surface area contributed by atoms with E-state index in [0.29, 0.717) is 0 Å². The molecule has 0 unspecified atom stereocenters. The summed E-state index contributed by atoms with van der Waals surface area (Å²) in [5.74, 6) is 0. The first kappa shape index (κ1) is 21.2. The first-order valence-corrected chi connectivity index (χ1v) is 6.60. The molecular formula is C5H14F3O6PS. The second-order valence-electron chi connectivity index (χ2n) is 2.20. The Bertz CT molecular complexity index is 268. The van der Waals surface area contributed by atoms with E-state index >= 15 is 0 Å². The summed E-state index contributed by atoms with van der Waals surface area (Å²) >= 11 is 0. The standard InChI is InChI=1S/C4H10.CHF3O3S.H3O3P/c1-3-4-2;2-1(3,4)8(5,6)7;1-4(2)3/h3-4H2,1-2H3;(H,5,6,7);4H,(H2,1,2,3). The third-order valence-corrected chi connectivity index (χ3v) is 1.38. The fourth-order valence-corrected chi connectivity index (χ4v) is 0. The van der Waals surface area contributed by atoms with Crippen molar-refractivity contribution in [2.75, 3.05) is 0 Å². The van der Waals surface area contributed by atoms with Crippen LogP contribution in [0.25, 0.3) is 0 Å². The highest BCUT2D eigenvalue weighted by molar-refractivity contribution is 7.86. The Morgan fingerprint density at radius 1 is 1.12 bits per heavy atom. The van der Waals surface area contributed by atoms with Gasteiger partial charge in [-0.25, -0.2) is 0 Å². The van der Waals surface area contributed by atoms with Gasteiger partial charge in [0.2, 0.25) is 0 Å². The van der Waals surface area contributed by atoms with E-state index in [1.54, 1.807) is 0 Å². The minimum atomic E-state index is -5.84. The van der Waals surface area contributed by atoms with E-state index in [1.807, 2.05) is 0 Å². The Kier molecular flexibility index (Phi) is 13.3. The Hall–Kier alpha value is -0.150. The molecule has 0 heterocycles. The largest absolute Gasteiger partial charge is 0.522 e. The molecule has 0 saturated heterocycles. The van der Waals surface area contributed by atoms with Crippen molar-refractivity contribution in [3.63, 3.8) is 0 Å². The van der Waals surface area contributed by atoms with Gasteiger partial charge in [-0.15, -0.1) is 0 Å². The van der Waals surface area contributed by atoms with Gasteiger partial charge in [0.15, 0.2) is 0 Å². The Balaban J connectivity index is -0.000000179. The monoisotopic (exact) mass is 290 g/mol. The van der Waals surface area contributed by atoms with Gasteiger partial charge >= 0.3 is 23.9 Å². The summed E-state index contributed by atoms with van der Waals surface area (Å²) in [7, 11) is -8.97. The second-order valence-corrected chi connectivity index (χ2v) is 4.18. The highest BCUT2D eigenvalue weighted by Crippen LogP contribution is 2.20. The van der Waals surface area contributed by atoms with Crippen molar-refractivity contribution in [3.8, 4) is 0 Å². The third-order valence-electron chi connectivity index (χ3n) is 0.792. The van der Waals surface area contributed by atoms with Crippen LogP contribution < -0.4 is 0 Å². The zero-order valence-corrected chi connectivity index (χ0v) is 10.3. The molecule has 11 heteroatoms. The van der Waals surface area contributed by atoms with E-state index in [4.69, 9.17) is 27.3 Å². The van der Waals surface area contributed by atoms with Crippen LogP contribution in [0.4, 0.5) is 13.2 Å². The molecule has 0 aliphatic heterocycles. The first-order valence-electron chi connectivity index (χ1n) is 3.85. The number of unbranched alkanes of at least 4 members (excludes halogenated alkanes) is 1. The smallest absolute Gasteiger partial charge is 0.326 e. The number of hydrogen-bond donors (Lipinski definition) is 3. The van der Waals surface area contributed by atoms with E-state index < -0.39 is 23.9 Å². The maximum absolute atomic E-state index is 10.7. The van der Waals surface area contributed by atoms with Gasteiger partial charge in [0.1, 0.15) is 0 Å². The molecule has 16 heavy (non-hydrogen) atoms. The van der Waals surface area contributed by atoms with E-state index in [-0.39, 0.29) is 0 Å². The van der Waals surface area contributed by atoms with Crippen molar-refractivity contribution in [2.24, 2.45) is 0 Å². The highest BCUT2D eigenvalue weighted by Gasteiger charge is 2.44. The lowest BCUT2D eigenvalue weighted by atomic mass is 10.4. The molecule has 0 aromatic carbocycles. The van der Waals surface area contributed by atoms with E-state index in [0.717, 1.165) is 0 Å². The summed E-state index contributed by atoms with van der Waals surface area (Å²) in [4.78, 5) is 14.3. The predicted octanol–water partition coefficient (Wildman–Crippen LogP) is 1.56. The number of alkyl halides is 3. The summed E-state index contributed by atoms with van der Waals surface area (Å²) in [6, 6.07) is 0. The lowest BCUT2D eigenvalue weighted by molar-refractivity contribution is -0.0510. The van der Waals surface area contributed by atoms with Crippen LogP contribution >= 0.6 is 8.25 Å². The van der Waals surface area contributed by atoms with Gasteiger partial charge in [-0.1, -0.05) is 26.7 Å². The van der Waals surface area contributed by atoms with Crippen molar-refractivity contribution in [3.05, 3.63) is 0 Å². The predicted molar refractivity (Wildman–Crippen MR) is 51.6 cm³/mol. The van der Waals surface area contributed by atoms with Crippen LogP contribution in [0.15, 0.2) is 0 Å². The van der Waals surface area contributed by atoms with Crippen molar-refractivity contribution in [1.29, 1.82) is 0 Å². The molecule has 0 saturated carbocycles. The zero-order chi connectivity index (χ0) is 14.0. The summed E-state index contributed by atoms with van der Waals surface area (Å²) < 4.78 is 66.3. The van der Waals surface area contributed by atoms with Crippen LogP contribution in [0.3, 0.4) is 0 Å². The van der Waals surface area contributed by atoms with Crippen LogP contribution in [0, 0.1) is 0 Å².